The van der Waals surface area contributed by atoms with Gasteiger partial charge in [0.15, 0.2) is 17.1 Å². The number of pyridine rings is 3. The number of esters is 3. The molecule has 3 N–H and O–H groups in total. The van der Waals surface area contributed by atoms with Crippen LogP contribution in [-0.4, -0.2) is 92.8 Å². The molecule has 0 radical (unpaired) electrons. The van der Waals surface area contributed by atoms with Crippen LogP contribution in [0.25, 0.3) is 0 Å². The molecule has 0 bridgehead atoms. The van der Waals surface area contributed by atoms with Crippen molar-refractivity contribution in [1.29, 1.82) is 15.8 Å². The lowest BCUT2D eigenvalue weighted by Crippen LogP contribution is -2.38. The van der Waals surface area contributed by atoms with Crippen molar-refractivity contribution in [2.45, 2.75) is 40.4 Å². The molecule has 6 aromatic rings. The van der Waals surface area contributed by atoms with Gasteiger partial charge in [-0.3, -0.25) is 33.0 Å². The summed E-state index contributed by atoms with van der Waals surface area (Å²) in [5.74, 6) is -4.51. The molecule has 0 atom stereocenters. The lowest BCUT2D eigenvalue weighted by molar-refractivity contribution is 0.0592. The summed E-state index contributed by atoms with van der Waals surface area (Å²) in [5, 5.41) is 89.2. The first-order valence-corrected chi connectivity index (χ1v) is 22.6. The molecular weight excluding hydrogens is 987 g/mol. The van der Waals surface area contributed by atoms with Gasteiger partial charge in [0.25, 0.3) is 16.7 Å². The van der Waals surface area contributed by atoms with Crippen LogP contribution in [0.2, 0.25) is 0 Å². The van der Waals surface area contributed by atoms with Crippen LogP contribution in [0.15, 0.2) is 118 Å². The van der Waals surface area contributed by atoms with Crippen molar-refractivity contribution in [2.75, 3.05) is 41.0 Å². The average molecular weight is 1030 g/mol. The summed E-state index contributed by atoms with van der Waals surface area (Å²) in [4.78, 5) is 81.5. The molecule has 0 aliphatic heterocycles. The Morgan fingerprint density at radius 2 is 0.724 bits per heavy atom. The average Bonchev–Trinajstić information content (AvgIpc) is 3.42. The lowest BCUT2D eigenvalue weighted by Gasteiger charge is -2.25. The van der Waals surface area contributed by atoms with Gasteiger partial charge in [-0.05, 0) is 57.2 Å². The number of hydrogen-bond acceptors (Lipinski definition) is 22. The zero-order valence-corrected chi connectivity index (χ0v) is 41.5. The summed E-state index contributed by atoms with van der Waals surface area (Å²) in [6.45, 7) is 1.97. The van der Waals surface area contributed by atoms with Gasteiger partial charge in [-0.15, -0.1) is 30.7 Å². The van der Waals surface area contributed by atoms with Crippen LogP contribution in [0.4, 0.5) is 34.1 Å². The first kappa shape index (κ1) is 54.9. The molecule has 25 nitrogen and oxygen atoms in total. The summed E-state index contributed by atoms with van der Waals surface area (Å²) in [6.07, 6.45) is 0. The maximum absolute atomic E-state index is 14.2. The van der Waals surface area contributed by atoms with E-state index in [4.69, 9.17) is 14.2 Å². The quantitative estimate of drug-likeness (QED) is 0.0437. The van der Waals surface area contributed by atoms with Crippen LogP contribution in [0.1, 0.15) is 64.5 Å². The summed E-state index contributed by atoms with van der Waals surface area (Å²) in [7, 11) is 3.50. The standard InChI is InChI=1S/C51H45N13O12/c1-28-34(25-52)43(65)62(46(68)40(28)58-55-37-16-10-7-13-31(37)49(71)74-4)22-19-61(20-23-63-44(66)35(26-53)29(2)41(47(63)69)59-56-38-17-11-8-14-32(38)50(72)75-5)21-24-64-45(67)36(27-54)30(3)42(48(64)70)60-57-39-18-12-9-15-33(39)51(73)76-6/h7-18,65-67H,19-24H2,1-6H3. The Morgan fingerprint density at radius 3 is 0.961 bits per heavy atom. The number of aromatic hydroxyl groups is 3. The molecule has 0 fully saturated rings. The Bertz CT molecular complexity index is 3340. The minimum atomic E-state index is -0.932. The minimum absolute atomic E-state index is 0.0149. The molecule has 0 saturated heterocycles. The Labute approximate surface area is 431 Å². The summed E-state index contributed by atoms with van der Waals surface area (Å²) < 4.78 is 16.9. The number of methoxy groups -OCH3 is 3. The fraction of sp³-hybridized carbons (Fsp3) is 0.235. The van der Waals surface area contributed by atoms with E-state index in [9.17, 15) is 59.9 Å². The van der Waals surface area contributed by atoms with Gasteiger partial charge < -0.3 is 29.5 Å². The molecule has 25 heteroatoms. The number of azo groups is 3. The smallest absolute Gasteiger partial charge is 0.340 e. The van der Waals surface area contributed by atoms with Crippen LogP contribution in [0, 0.1) is 54.8 Å². The Hall–Kier alpha value is -10.5. The highest BCUT2D eigenvalue weighted by atomic mass is 16.5. The Kier molecular flexibility index (Phi) is 17.6. The zero-order valence-electron chi connectivity index (χ0n) is 41.5. The fourth-order valence-corrected chi connectivity index (χ4v) is 7.70. The highest BCUT2D eigenvalue weighted by Crippen LogP contribution is 2.32. The minimum Gasteiger partial charge on any atom is -0.493 e. The number of hydrogen-bond donors (Lipinski definition) is 3. The Balaban J connectivity index is 1.44. The second kappa shape index (κ2) is 24.3. The van der Waals surface area contributed by atoms with Gasteiger partial charge in [0.2, 0.25) is 17.6 Å². The normalized spacial score (nSPS) is 11.2. The summed E-state index contributed by atoms with van der Waals surface area (Å²) in [5.41, 5.74) is -5.05. The molecule has 0 amide bonds. The van der Waals surface area contributed by atoms with E-state index in [0.717, 1.165) is 13.7 Å². The molecule has 386 valence electrons. The van der Waals surface area contributed by atoms with Crippen molar-refractivity contribution in [3.05, 3.63) is 154 Å². The van der Waals surface area contributed by atoms with Gasteiger partial charge in [0.1, 0.15) is 52.0 Å². The van der Waals surface area contributed by atoms with Crippen LogP contribution in [0.3, 0.4) is 0 Å². The third-order valence-corrected chi connectivity index (χ3v) is 11.9. The molecule has 0 aliphatic rings. The maximum Gasteiger partial charge on any atom is 0.340 e. The number of nitrogens with zero attached hydrogens (tertiary/aromatic N) is 13. The van der Waals surface area contributed by atoms with Crippen molar-refractivity contribution in [2.24, 2.45) is 30.7 Å². The lowest BCUT2D eigenvalue weighted by atomic mass is 10.1. The predicted octanol–water partition coefficient (Wildman–Crippen LogP) is 7.14. The molecule has 3 heterocycles. The van der Waals surface area contributed by atoms with Gasteiger partial charge in [0, 0.05) is 56.0 Å². The topological polar surface area (TPSA) is 354 Å². The molecule has 3 aromatic carbocycles. The number of carbonyl (C=O) groups is 3. The van der Waals surface area contributed by atoms with Gasteiger partial charge in [-0.2, -0.15) is 15.8 Å². The molecule has 3 aromatic heterocycles. The van der Waals surface area contributed by atoms with Crippen LogP contribution < -0.4 is 16.7 Å². The van der Waals surface area contributed by atoms with Gasteiger partial charge in [-0.25, -0.2) is 14.4 Å². The highest BCUT2D eigenvalue weighted by Gasteiger charge is 2.25. The molecule has 0 saturated carbocycles. The van der Waals surface area contributed by atoms with E-state index in [0.29, 0.717) is 0 Å². The number of nitriles is 3. The van der Waals surface area contributed by atoms with Crippen molar-refractivity contribution in [3.63, 3.8) is 0 Å². The second-order valence-electron chi connectivity index (χ2n) is 16.2. The largest absolute Gasteiger partial charge is 0.493 e. The monoisotopic (exact) mass is 1030 g/mol. The van der Waals surface area contributed by atoms with E-state index in [2.05, 4.69) is 30.7 Å². The number of rotatable bonds is 18. The number of ether oxygens (including phenoxy) is 3. The van der Waals surface area contributed by atoms with Crippen LogP contribution in [0.5, 0.6) is 17.6 Å². The van der Waals surface area contributed by atoms with Gasteiger partial charge in [0.05, 0.1) is 38.0 Å². The van der Waals surface area contributed by atoms with Crippen LogP contribution in [-0.2, 0) is 33.8 Å². The van der Waals surface area contributed by atoms with E-state index in [1.807, 2.05) is 18.2 Å². The Morgan fingerprint density at radius 1 is 0.474 bits per heavy atom. The fourth-order valence-electron chi connectivity index (χ4n) is 7.70. The number of aromatic nitrogens is 3. The molecule has 0 unspecified atom stereocenters. The number of carbonyl (C=O) groups excluding carboxylic acids is 3. The SMILES string of the molecule is COC(=O)c1ccccc1N=Nc1c(C)c(C#N)c(O)n(CCN(CCn2c(O)c(C#N)c(C)c(N=Nc3ccccc3C(=O)OC)c2=O)CCn2c(O)c(C#N)c(C)c(N=Nc3ccccc3C(=O)OC)c2=O)c1=O. The first-order chi connectivity index (χ1) is 36.5. The molecule has 76 heavy (non-hydrogen) atoms. The predicted molar refractivity (Wildman–Crippen MR) is 268 cm³/mol. The zero-order chi connectivity index (χ0) is 55.4. The number of benzene rings is 3. The summed E-state index contributed by atoms with van der Waals surface area (Å²) in [6, 6.07) is 23.5. The van der Waals surface area contributed by atoms with Crippen molar-refractivity contribution < 1.29 is 43.9 Å². The van der Waals surface area contributed by atoms with Gasteiger partial charge in [-0.1, -0.05) is 36.4 Å². The third-order valence-electron chi connectivity index (χ3n) is 11.9. The molecule has 6 rings (SSSR count). The highest BCUT2D eigenvalue weighted by molar-refractivity contribution is 5.96. The van der Waals surface area contributed by atoms with E-state index < -0.39 is 71.9 Å². The van der Waals surface area contributed by atoms with E-state index in [1.54, 1.807) is 36.4 Å². The molecular formula is C51H45N13O12. The van der Waals surface area contributed by atoms with E-state index in [-0.39, 0.29) is 104 Å². The molecule has 0 spiro atoms. The first-order valence-electron chi connectivity index (χ1n) is 22.6. The second-order valence-corrected chi connectivity index (χ2v) is 16.2. The molecule has 0 aliphatic carbocycles. The van der Waals surface area contributed by atoms with Gasteiger partial charge >= 0.3 is 17.9 Å². The van der Waals surface area contributed by atoms with E-state index in [1.165, 1.54) is 83.4 Å². The van der Waals surface area contributed by atoms with Crippen molar-refractivity contribution in [1.82, 2.24) is 18.6 Å². The summed E-state index contributed by atoms with van der Waals surface area (Å²) >= 11 is 0. The maximum atomic E-state index is 14.2. The van der Waals surface area contributed by atoms with Crippen molar-refractivity contribution in [3.8, 4) is 35.8 Å². The van der Waals surface area contributed by atoms with E-state index >= 15 is 0 Å². The van der Waals surface area contributed by atoms with Crippen molar-refractivity contribution >= 4 is 52.0 Å². The van der Waals surface area contributed by atoms with Crippen LogP contribution >= 0.6 is 0 Å². The third kappa shape index (κ3) is 11.3.